The fourth-order valence-corrected chi connectivity index (χ4v) is 1.95. The van der Waals surface area contributed by atoms with Crippen LogP contribution in [-0.4, -0.2) is 45.8 Å². The summed E-state index contributed by atoms with van der Waals surface area (Å²) in [6, 6.07) is -0.807. The first-order valence-corrected chi connectivity index (χ1v) is 5.07. The van der Waals surface area contributed by atoms with Crippen molar-refractivity contribution in [3.63, 3.8) is 0 Å². The van der Waals surface area contributed by atoms with Gasteiger partial charge in [-0.2, -0.15) is 0 Å². The molecule has 3 N–H and O–H groups in total. The fourth-order valence-electron chi connectivity index (χ4n) is 0.993. The van der Waals surface area contributed by atoms with Crippen LogP contribution in [0.5, 0.6) is 0 Å². The number of nitrogens with zero attached hydrogens (tertiary/aromatic N) is 1. The van der Waals surface area contributed by atoms with E-state index in [1.165, 1.54) is 0 Å². The quantitative estimate of drug-likeness (QED) is 0.402. The molecule has 0 aromatic carbocycles. The first kappa shape index (κ1) is 10.0. The van der Waals surface area contributed by atoms with Crippen LogP contribution in [0.15, 0.2) is 0 Å². The average molecular weight is 208 g/mol. The SMILES string of the molecule is O=C(O)N[C@H]1CN([PH](=O)CO)C1=O. The van der Waals surface area contributed by atoms with Crippen molar-refractivity contribution in [2.45, 2.75) is 6.04 Å². The van der Waals surface area contributed by atoms with E-state index in [-0.39, 0.29) is 6.54 Å². The van der Waals surface area contributed by atoms with Crippen molar-refractivity contribution in [1.82, 2.24) is 9.99 Å². The van der Waals surface area contributed by atoms with Gasteiger partial charge in [0.2, 0.25) is 0 Å². The molecule has 0 aliphatic carbocycles. The second-order valence-corrected chi connectivity index (χ2v) is 4.15. The number of hydrogen-bond donors (Lipinski definition) is 3. The van der Waals surface area contributed by atoms with E-state index in [1.54, 1.807) is 0 Å². The lowest BCUT2D eigenvalue weighted by atomic mass is 10.2. The lowest BCUT2D eigenvalue weighted by molar-refractivity contribution is -0.136. The minimum Gasteiger partial charge on any atom is -0.465 e. The van der Waals surface area contributed by atoms with Gasteiger partial charge in [-0.25, -0.2) is 4.79 Å². The molecule has 13 heavy (non-hydrogen) atoms. The number of amides is 2. The lowest BCUT2D eigenvalue weighted by Crippen LogP contribution is -2.61. The molecule has 1 aliphatic heterocycles. The molecule has 1 fully saturated rings. The highest BCUT2D eigenvalue weighted by molar-refractivity contribution is 7.42. The van der Waals surface area contributed by atoms with E-state index in [0.717, 1.165) is 4.67 Å². The average Bonchev–Trinajstić information content (AvgIpc) is 2.09. The van der Waals surface area contributed by atoms with E-state index in [9.17, 15) is 14.2 Å². The molecule has 0 aromatic heterocycles. The molecule has 74 valence electrons. The number of hydrogen-bond acceptors (Lipinski definition) is 4. The van der Waals surface area contributed by atoms with E-state index in [1.807, 2.05) is 5.32 Å². The summed E-state index contributed by atoms with van der Waals surface area (Å²) in [5, 5.41) is 18.7. The van der Waals surface area contributed by atoms with Crippen molar-refractivity contribution >= 4 is 20.0 Å². The Labute approximate surface area is 74.2 Å². The molecule has 8 heteroatoms. The van der Waals surface area contributed by atoms with Crippen LogP contribution in [0.4, 0.5) is 4.79 Å². The third kappa shape index (κ3) is 1.99. The zero-order chi connectivity index (χ0) is 10.0. The van der Waals surface area contributed by atoms with E-state index >= 15 is 0 Å². The second kappa shape index (κ2) is 3.76. The van der Waals surface area contributed by atoms with Gasteiger partial charge in [0.25, 0.3) is 5.91 Å². The summed E-state index contributed by atoms with van der Waals surface area (Å²) in [4.78, 5) is 21.1. The zero-order valence-electron chi connectivity index (χ0n) is 6.56. The molecule has 2 amide bonds. The maximum Gasteiger partial charge on any atom is 0.405 e. The number of aliphatic hydroxyl groups excluding tert-OH is 1. The third-order valence-electron chi connectivity index (χ3n) is 1.66. The summed E-state index contributed by atoms with van der Waals surface area (Å²) in [7, 11) is -2.43. The van der Waals surface area contributed by atoms with E-state index in [2.05, 4.69) is 0 Å². The van der Waals surface area contributed by atoms with Crippen LogP contribution < -0.4 is 5.32 Å². The number of nitrogens with one attached hydrogen (secondary N) is 1. The van der Waals surface area contributed by atoms with Crippen LogP contribution in [0.2, 0.25) is 0 Å². The van der Waals surface area contributed by atoms with Crippen molar-refractivity contribution in [3.05, 3.63) is 0 Å². The second-order valence-electron chi connectivity index (χ2n) is 2.50. The standard InChI is InChI=1S/C5H9N2O5P/c8-2-13(12)7-1-3(4(7)9)6-5(10)11/h3,6,8,13H,1-2H2,(H,10,11)/t3-/m0/s1. The third-order valence-corrected chi connectivity index (χ3v) is 2.94. The van der Waals surface area contributed by atoms with Gasteiger partial charge in [-0.15, -0.1) is 0 Å². The van der Waals surface area contributed by atoms with E-state index in [0.29, 0.717) is 0 Å². The van der Waals surface area contributed by atoms with E-state index in [4.69, 9.17) is 10.2 Å². The molecule has 0 aromatic rings. The molecule has 1 heterocycles. The summed E-state index contributed by atoms with van der Waals surface area (Å²) in [6.45, 7) is 0.0729. The maximum atomic E-state index is 11.0. The van der Waals surface area contributed by atoms with Crippen LogP contribution in [0, 0.1) is 0 Å². The number of carboxylic acid groups (broad SMARTS) is 1. The summed E-state index contributed by atoms with van der Waals surface area (Å²) >= 11 is 0. The predicted octanol–water partition coefficient (Wildman–Crippen LogP) is -1.11. The van der Waals surface area contributed by atoms with E-state index < -0.39 is 32.3 Å². The number of rotatable bonds is 3. The Bertz CT molecular complexity index is 268. The van der Waals surface area contributed by atoms with Gasteiger partial charge < -0.3 is 20.1 Å². The van der Waals surface area contributed by atoms with Crippen molar-refractivity contribution in [3.8, 4) is 0 Å². The summed E-state index contributed by atoms with van der Waals surface area (Å²) in [6.07, 6.45) is -1.85. The van der Waals surface area contributed by atoms with Crippen LogP contribution in [0.25, 0.3) is 0 Å². The van der Waals surface area contributed by atoms with Crippen molar-refractivity contribution in [1.29, 1.82) is 0 Å². The highest BCUT2D eigenvalue weighted by Gasteiger charge is 2.40. The van der Waals surface area contributed by atoms with Crippen LogP contribution in [-0.2, 0) is 9.36 Å². The first-order chi connectivity index (χ1) is 6.06. The molecule has 0 saturated carbocycles. The Morgan fingerprint density at radius 3 is 2.77 bits per heavy atom. The largest absolute Gasteiger partial charge is 0.465 e. The molecule has 2 atom stereocenters. The molecule has 1 rings (SSSR count). The Kier molecular flexibility index (Phi) is 2.90. The topological polar surface area (TPSA) is 107 Å². The van der Waals surface area contributed by atoms with Crippen LogP contribution in [0.3, 0.4) is 0 Å². The minimum absolute atomic E-state index is 0.0729. The summed E-state index contributed by atoms with van der Waals surface area (Å²) < 4.78 is 11.9. The summed E-state index contributed by atoms with van der Waals surface area (Å²) in [5.74, 6) is -0.541. The number of carbonyl (C=O) groups excluding carboxylic acids is 1. The highest BCUT2D eigenvalue weighted by atomic mass is 31.1. The molecule has 1 saturated heterocycles. The van der Waals surface area contributed by atoms with Gasteiger partial charge in [-0.3, -0.25) is 9.46 Å². The van der Waals surface area contributed by atoms with Crippen LogP contribution in [0.1, 0.15) is 0 Å². The highest BCUT2D eigenvalue weighted by Crippen LogP contribution is 2.31. The zero-order valence-corrected chi connectivity index (χ0v) is 7.56. The number of β-lactam (4-membered cyclic amide) rings is 1. The van der Waals surface area contributed by atoms with Gasteiger partial charge in [-0.1, -0.05) is 0 Å². The number of aliphatic hydroxyl groups is 1. The Hall–Kier alpha value is -1.07. The number of carbonyl (C=O) groups is 2. The van der Waals surface area contributed by atoms with Gasteiger partial charge in [0.1, 0.15) is 12.4 Å². The smallest absolute Gasteiger partial charge is 0.405 e. The molecule has 0 spiro atoms. The molecule has 1 aliphatic rings. The van der Waals surface area contributed by atoms with Gasteiger partial charge >= 0.3 is 6.09 Å². The van der Waals surface area contributed by atoms with Gasteiger partial charge in [0.15, 0.2) is 7.95 Å². The Morgan fingerprint density at radius 1 is 1.77 bits per heavy atom. The summed E-state index contributed by atoms with van der Waals surface area (Å²) in [5.41, 5.74) is 0. The Morgan fingerprint density at radius 2 is 2.38 bits per heavy atom. The van der Waals surface area contributed by atoms with Crippen molar-refractivity contribution < 1.29 is 24.4 Å². The van der Waals surface area contributed by atoms with Gasteiger partial charge in [0.05, 0.1) is 6.54 Å². The monoisotopic (exact) mass is 208 g/mol. The fraction of sp³-hybridized carbons (Fsp3) is 0.600. The van der Waals surface area contributed by atoms with Crippen molar-refractivity contribution in [2.24, 2.45) is 0 Å². The van der Waals surface area contributed by atoms with Crippen LogP contribution >= 0.6 is 7.95 Å². The first-order valence-electron chi connectivity index (χ1n) is 3.50. The molecular weight excluding hydrogens is 199 g/mol. The van der Waals surface area contributed by atoms with Gasteiger partial charge in [-0.05, 0) is 0 Å². The minimum atomic E-state index is -2.43. The molecule has 1 unspecified atom stereocenters. The Balaban J connectivity index is 2.43. The lowest BCUT2D eigenvalue weighted by Gasteiger charge is -2.36. The predicted molar refractivity (Wildman–Crippen MR) is 42.7 cm³/mol. The normalized spacial score (nSPS) is 23.6. The van der Waals surface area contributed by atoms with Gasteiger partial charge in [0, 0.05) is 0 Å². The molecule has 7 nitrogen and oxygen atoms in total. The maximum absolute atomic E-state index is 11.0. The molecular formula is C5H9N2O5P. The molecule has 0 bridgehead atoms. The molecule has 0 radical (unpaired) electrons. The van der Waals surface area contributed by atoms with Crippen molar-refractivity contribution in [2.75, 3.05) is 12.9 Å².